The predicted octanol–water partition coefficient (Wildman–Crippen LogP) is 4.83. The third-order valence-electron chi connectivity index (χ3n) is 4.46. The smallest absolute Gasteiger partial charge is 0.266 e. The number of oxazole rings is 1. The Balaban J connectivity index is 1.55. The number of furan rings is 1. The van der Waals surface area contributed by atoms with Crippen LogP contribution in [0.5, 0.6) is 0 Å². The van der Waals surface area contributed by atoms with Gasteiger partial charge in [-0.05, 0) is 30.3 Å². The van der Waals surface area contributed by atoms with Gasteiger partial charge >= 0.3 is 0 Å². The van der Waals surface area contributed by atoms with Crippen LogP contribution in [0.1, 0.15) is 26.5 Å². The highest BCUT2D eigenvalue weighted by Gasteiger charge is 2.38. The maximum Gasteiger partial charge on any atom is 0.266 e. The first kappa shape index (κ1) is 16.3. The summed E-state index contributed by atoms with van der Waals surface area (Å²) < 4.78 is 39.0. The Labute approximate surface area is 155 Å². The number of ketones is 2. The van der Waals surface area contributed by atoms with Crippen LogP contribution in [-0.2, 0) is 0 Å². The molecule has 2 aromatic carbocycles. The standard InChI is InChI=1S/C21H9F2NO4/c22-13-6-7-14(23)17-16(13)18(25)12(19(17)26)8-11-9-15-21(27-11)24-20(28-15)10-4-2-1-3-5-10/h1-9H. The summed E-state index contributed by atoms with van der Waals surface area (Å²) in [6.45, 7) is 0. The van der Waals surface area contributed by atoms with Crippen molar-refractivity contribution in [1.82, 2.24) is 4.98 Å². The summed E-state index contributed by atoms with van der Waals surface area (Å²) in [6.07, 6.45) is 1.14. The normalized spacial score (nSPS) is 13.4. The Morgan fingerprint density at radius 1 is 0.857 bits per heavy atom. The fourth-order valence-corrected chi connectivity index (χ4v) is 3.17. The lowest BCUT2D eigenvalue weighted by Gasteiger charge is -1.97. The van der Waals surface area contributed by atoms with E-state index in [1.54, 1.807) is 0 Å². The van der Waals surface area contributed by atoms with Crippen molar-refractivity contribution < 1.29 is 27.2 Å². The lowest BCUT2D eigenvalue weighted by atomic mass is 10.1. The molecule has 0 radical (unpaired) electrons. The van der Waals surface area contributed by atoms with E-state index in [1.807, 2.05) is 30.3 Å². The van der Waals surface area contributed by atoms with E-state index in [9.17, 15) is 18.4 Å². The number of aromatic nitrogens is 1. The minimum absolute atomic E-state index is 0.117. The van der Waals surface area contributed by atoms with Crippen LogP contribution in [0.4, 0.5) is 8.78 Å². The first-order valence-electron chi connectivity index (χ1n) is 8.28. The number of allylic oxidation sites excluding steroid dienone is 1. The highest BCUT2D eigenvalue weighted by molar-refractivity contribution is 6.41. The van der Waals surface area contributed by atoms with Crippen LogP contribution in [0.2, 0.25) is 0 Å². The number of halogens is 2. The third kappa shape index (κ3) is 2.33. The van der Waals surface area contributed by atoms with E-state index < -0.39 is 34.3 Å². The van der Waals surface area contributed by atoms with E-state index in [-0.39, 0.29) is 17.0 Å². The van der Waals surface area contributed by atoms with Crippen molar-refractivity contribution in [3.8, 4) is 11.5 Å². The van der Waals surface area contributed by atoms with Crippen molar-refractivity contribution in [2.75, 3.05) is 0 Å². The van der Waals surface area contributed by atoms with Gasteiger partial charge < -0.3 is 8.83 Å². The molecular formula is C21H9F2NO4. The first-order valence-corrected chi connectivity index (χ1v) is 8.28. The van der Waals surface area contributed by atoms with Gasteiger partial charge in [0.2, 0.25) is 17.5 Å². The van der Waals surface area contributed by atoms with E-state index in [2.05, 4.69) is 4.98 Å². The van der Waals surface area contributed by atoms with Crippen molar-refractivity contribution in [1.29, 1.82) is 0 Å². The molecule has 1 aliphatic rings. The second-order valence-corrected chi connectivity index (χ2v) is 6.20. The lowest BCUT2D eigenvalue weighted by molar-refractivity contribution is 0.0988. The molecule has 5 nitrogen and oxygen atoms in total. The van der Waals surface area contributed by atoms with Gasteiger partial charge in [-0.3, -0.25) is 9.59 Å². The molecule has 0 fully saturated rings. The fourth-order valence-electron chi connectivity index (χ4n) is 3.17. The summed E-state index contributed by atoms with van der Waals surface area (Å²) in [5, 5.41) is 0. The second-order valence-electron chi connectivity index (χ2n) is 6.20. The predicted molar refractivity (Wildman–Crippen MR) is 94.7 cm³/mol. The minimum Gasteiger partial charge on any atom is -0.436 e. The van der Waals surface area contributed by atoms with Crippen molar-refractivity contribution in [3.63, 3.8) is 0 Å². The summed E-state index contributed by atoms with van der Waals surface area (Å²) in [6, 6.07) is 12.3. The van der Waals surface area contributed by atoms with Crippen LogP contribution in [0.15, 0.2) is 62.9 Å². The number of hydrogen-bond donors (Lipinski definition) is 0. The quantitative estimate of drug-likeness (QED) is 0.370. The van der Waals surface area contributed by atoms with E-state index in [0.29, 0.717) is 11.5 Å². The molecule has 0 N–H and O–H groups in total. The zero-order chi connectivity index (χ0) is 19.4. The monoisotopic (exact) mass is 377 g/mol. The van der Waals surface area contributed by atoms with Crippen LogP contribution in [0.25, 0.3) is 28.8 Å². The lowest BCUT2D eigenvalue weighted by Crippen LogP contribution is -2.00. The molecule has 0 saturated heterocycles. The number of rotatable bonds is 2. The number of benzene rings is 2. The highest BCUT2D eigenvalue weighted by Crippen LogP contribution is 2.33. The molecule has 28 heavy (non-hydrogen) atoms. The number of hydrogen-bond acceptors (Lipinski definition) is 5. The van der Waals surface area contributed by atoms with Gasteiger partial charge in [0.05, 0.1) is 16.7 Å². The molecule has 1 aliphatic carbocycles. The average Bonchev–Trinajstić information content (AvgIpc) is 3.32. The summed E-state index contributed by atoms with van der Waals surface area (Å²) in [7, 11) is 0. The molecule has 5 rings (SSSR count). The zero-order valence-corrected chi connectivity index (χ0v) is 14.0. The van der Waals surface area contributed by atoms with E-state index in [1.165, 1.54) is 6.07 Å². The van der Waals surface area contributed by atoms with Gasteiger partial charge in [-0.2, -0.15) is 4.98 Å². The Morgan fingerprint density at radius 3 is 2.11 bits per heavy atom. The zero-order valence-electron chi connectivity index (χ0n) is 14.0. The number of Topliss-reactive ketones (excluding diaryl/α,β-unsaturated/α-hetero) is 2. The largest absolute Gasteiger partial charge is 0.436 e. The summed E-state index contributed by atoms with van der Waals surface area (Å²) in [5.41, 5.74) is -0.237. The van der Waals surface area contributed by atoms with E-state index in [4.69, 9.17) is 8.83 Å². The molecule has 0 bridgehead atoms. The number of carbonyl (C=O) groups is 2. The van der Waals surface area contributed by atoms with Crippen LogP contribution in [0, 0.1) is 11.6 Å². The molecule has 0 spiro atoms. The summed E-state index contributed by atoms with van der Waals surface area (Å²) in [5.74, 6) is -3.18. The first-order chi connectivity index (χ1) is 13.5. The molecular weight excluding hydrogens is 368 g/mol. The van der Waals surface area contributed by atoms with Gasteiger partial charge in [-0.1, -0.05) is 18.2 Å². The molecule has 2 heterocycles. The number of fused-ring (bicyclic) bond motifs is 2. The molecule has 4 aromatic rings. The van der Waals surface area contributed by atoms with Crippen molar-refractivity contribution in [3.05, 3.63) is 82.6 Å². The van der Waals surface area contributed by atoms with Gasteiger partial charge in [-0.25, -0.2) is 8.78 Å². The molecule has 7 heteroatoms. The Morgan fingerprint density at radius 2 is 1.50 bits per heavy atom. The fraction of sp³-hybridized carbons (Fsp3) is 0. The number of carbonyl (C=O) groups excluding carboxylic acids is 2. The molecule has 0 atom stereocenters. The molecule has 0 unspecified atom stereocenters. The summed E-state index contributed by atoms with van der Waals surface area (Å²) in [4.78, 5) is 29.0. The molecule has 0 aliphatic heterocycles. The highest BCUT2D eigenvalue weighted by atomic mass is 19.1. The van der Waals surface area contributed by atoms with E-state index in [0.717, 1.165) is 23.8 Å². The van der Waals surface area contributed by atoms with Crippen molar-refractivity contribution in [2.45, 2.75) is 0 Å². The molecule has 136 valence electrons. The Kier molecular flexibility index (Phi) is 3.39. The van der Waals surface area contributed by atoms with Crippen molar-refractivity contribution in [2.24, 2.45) is 0 Å². The average molecular weight is 377 g/mol. The third-order valence-corrected chi connectivity index (χ3v) is 4.46. The van der Waals surface area contributed by atoms with Gasteiger partial charge in [-0.15, -0.1) is 0 Å². The Hall–Kier alpha value is -3.87. The van der Waals surface area contributed by atoms with Crippen LogP contribution >= 0.6 is 0 Å². The topological polar surface area (TPSA) is 73.3 Å². The SMILES string of the molecule is O=C1C(=Cc2cc3oc(-c4ccccc4)nc3o2)C(=O)c2c(F)ccc(F)c21. The van der Waals surface area contributed by atoms with Crippen LogP contribution in [0.3, 0.4) is 0 Å². The van der Waals surface area contributed by atoms with Crippen molar-refractivity contribution >= 4 is 28.9 Å². The van der Waals surface area contributed by atoms with Crippen LogP contribution in [-0.4, -0.2) is 16.6 Å². The van der Waals surface area contributed by atoms with Gasteiger partial charge in [0.15, 0.2) is 5.58 Å². The Bertz CT molecular complexity index is 1240. The molecule has 2 aromatic heterocycles. The molecule has 0 amide bonds. The van der Waals surface area contributed by atoms with Gasteiger partial charge in [0, 0.05) is 11.6 Å². The minimum atomic E-state index is -0.944. The maximum absolute atomic E-state index is 13.9. The molecule has 0 saturated carbocycles. The van der Waals surface area contributed by atoms with Crippen LogP contribution < -0.4 is 0 Å². The summed E-state index contributed by atoms with van der Waals surface area (Å²) >= 11 is 0. The van der Waals surface area contributed by atoms with E-state index >= 15 is 0 Å². The maximum atomic E-state index is 13.9. The van der Waals surface area contributed by atoms with Gasteiger partial charge in [0.1, 0.15) is 17.4 Å². The second kappa shape index (κ2) is 5.82. The van der Waals surface area contributed by atoms with Gasteiger partial charge in [0.25, 0.3) is 5.71 Å². The number of nitrogens with zero attached hydrogens (tertiary/aromatic N) is 1.